The van der Waals surface area contributed by atoms with Crippen molar-refractivity contribution in [3.05, 3.63) is 23.0 Å². The van der Waals surface area contributed by atoms with Crippen LogP contribution in [0.15, 0.2) is 23.0 Å². The van der Waals surface area contributed by atoms with Crippen LogP contribution in [0, 0.1) is 23.2 Å². The third-order valence-corrected chi connectivity index (χ3v) is 6.41. The number of carbonyl (C=O) groups is 2. The summed E-state index contributed by atoms with van der Waals surface area (Å²) in [5.41, 5.74) is 1.60. The van der Waals surface area contributed by atoms with Crippen molar-refractivity contribution in [3.63, 3.8) is 0 Å². The summed E-state index contributed by atoms with van der Waals surface area (Å²) >= 11 is 0. The second-order valence-electron chi connectivity index (χ2n) is 8.72. The number of nitrogens with zero attached hydrogens (tertiary/aromatic N) is 1. The number of allylic oxidation sites excluding steroid dienone is 1. The molecule has 1 fully saturated rings. The lowest BCUT2D eigenvalue weighted by Crippen LogP contribution is -2.51. The molecule has 4 aliphatic rings. The van der Waals surface area contributed by atoms with Gasteiger partial charge in [0.25, 0.3) is 5.91 Å². The summed E-state index contributed by atoms with van der Waals surface area (Å²) in [4.78, 5) is 26.3. The van der Waals surface area contributed by atoms with Crippen LogP contribution < -0.4 is 0 Å². The topological polar surface area (TPSA) is 57.6 Å². The molecule has 0 radical (unpaired) electrons. The first kappa shape index (κ1) is 17.2. The van der Waals surface area contributed by atoms with Crippen LogP contribution in [0.5, 0.6) is 0 Å². The fourth-order valence-electron chi connectivity index (χ4n) is 4.76. The van der Waals surface area contributed by atoms with E-state index >= 15 is 0 Å². The number of ketones is 1. The molecule has 0 saturated heterocycles. The first-order valence-electron chi connectivity index (χ1n) is 9.08. The molecule has 3 aliphatic carbocycles. The Labute approximate surface area is 144 Å². The lowest BCUT2D eigenvalue weighted by molar-refractivity contribution is -0.129. The van der Waals surface area contributed by atoms with E-state index in [1.807, 2.05) is 0 Å². The van der Waals surface area contributed by atoms with Gasteiger partial charge in [0.05, 0.1) is 6.04 Å². The molecule has 1 amide bonds. The minimum atomic E-state index is -0.363. The zero-order chi connectivity index (χ0) is 17.8. The van der Waals surface area contributed by atoms with Crippen LogP contribution in [0.2, 0.25) is 0 Å². The Bertz CT molecular complexity index is 641. The lowest BCUT2D eigenvalue weighted by Gasteiger charge is -2.57. The van der Waals surface area contributed by atoms with Crippen LogP contribution in [0.4, 0.5) is 0 Å². The Balaban J connectivity index is 1.85. The van der Waals surface area contributed by atoms with Gasteiger partial charge in [-0.05, 0) is 49.4 Å². The molecule has 0 aromatic rings. The van der Waals surface area contributed by atoms with Gasteiger partial charge in [0.2, 0.25) is 0 Å². The molecule has 2 bridgehead atoms. The Morgan fingerprint density at radius 3 is 2.58 bits per heavy atom. The van der Waals surface area contributed by atoms with Gasteiger partial charge < -0.3 is 10.0 Å². The highest BCUT2D eigenvalue weighted by atomic mass is 16.3. The Kier molecular flexibility index (Phi) is 4.13. The quantitative estimate of drug-likeness (QED) is 0.618. The highest BCUT2D eigenvalue weighted by Gasteiger charge is 2.52. The van der Waals surface area contributed by atoms with Crippen molar-refractivity contribution in [1.29, 1.82) is 0 Å². The van der Waals surface area contributed by atoms with E-state index in [1.165, 1.54) is 18.9 Å². The summed E-state index contributed by atoms with van der Waals surface area (Å²) in [5, 5.41) is 10.5. The molecule has 3 atom stereocenters. The normalized spacial score (nSPS) is 31.4. The van der Waals surface area contributed by atoms with E-state index < -0.39 is 0 Å². The maximum Gasteiger partial charge on any atom is 0.261 e. The predicted octanol–water partition coefficient (Wildman–Crippen LogP) is 3.64. The second kappa shape index (κ2) is 5.75. The number of hydrogen-bond donors (Lipinski definition) is 1. The van der Waals surface area contributed by atoms with Crippen molar-refractivity contribution in [3.8, 4) is 0 Å². The van der Waals surface area contributed by atoms with Crippen LogP contribution >= 0.6 is 0 Å². The SMILES string of the molecule is CC(=O)C1=C(O)[C@H](CC(C)C)N(CC2=CC[C@H]3C[C@@H]2C3(C)C)C1=O. The van der Waals surface area contributed by atoms with Crippen molar-refractivity contribution in [1.82, 2.24) is 4.90 Å². The summed E-state index contributed by atoms with van der Waals surface area (Å²) < 4.78 is 0. The summed E-state index contributed by atoms with van der Waals surface area (Å²) in [6.07, 6.45) is 5.24. The molecule has 1 heterocycles. The highest BCUT2D eigenvalue weighted by Crippen LogP contribution is 2.59. The van der Waals surface area contributed by atoms with Crippen molar-refractivity contribution in [2.45, 2.75) is 59.9 Å². The van der Waals surface area contributed by atoms with Gasteiger partial charge in [-0.1, -0.05) is 39.3 Å². The lowest BCUT2D eigenvalue weighted by atomic mass is 9.49. The van der Waals surface area contributed by atoms with Gasteiger partial charge >= 0.3 is 0 Å². The predicted molar refractivity (Wildman–Crippen MR) is 93.4 cm³/mol. The molecule has 1 aliphatic heterocycles. The molecule has 4 nitrogen and oxygen atoms in total. The van der Waals surface area contributed by atoms with Crippen molar-refractivity contribution < 1.29 is 14.7 Å². The van der Waals surface area contributed by atoms with Gasteiger partial charge in [-0.15, -0.1) is 0 Å². The fraction of sp³-hybridized carbons (Fsp3) is 0.700. The number of Topliss-reactive ketones (excluding diaryl/α,β-unsaturated/α-hetero) is 1. The average molecular weight is 331 g/mol. The van der Waals surface area contributed by atoms with E-state index in [0.717, 1.165) is 12.3 Å². The van der Waals surface area contributed by atoms with Gasteiger partial charge in [-0.25, -0.2) is 0 Å². The van der Waals surface area contributed by atoms with E-state index in [4.69, 9.17) is 0 Å². The second-order valence-corrected chi connectivity index (χ2v) is 8.72. The van der Waals surface area contributed by atoms with E-state index in [2.05, 4.69) is 33.8 Å². The molecule has 4 rings (SSSR count). The molecule has 4 heteroatoms. The zero-order valence-electron chi connectivity index (χ0n) is 15.4. The third kappa shape index (κ3) is 2.51. The van der Waals surface area contributed by atoms with Gasteiger partial charge in [0.15, 0.2) is 5.78 Å². The van der Waals surface area contributed by atoms with Crippen LogP contribution in [0.1, 0.15) is 53.9 Å². The van der Waals surface area contributed by atoms with Gasteiger partial charge in [-0.3, -0.25) is 9.59 Å². The number of fused-ring (bicyclic) bond motifs is 1. The molecule has 1 N–H and O–H groups in total. The van der Waals surface area contributed by atoms with E-state index in [-0.39, 0.29) is 29.1 Å². The number of aliphatic hydroxyl groups is 1. The molecule has 0 aromatic heterocycles. The maximum absolute atomic E-state index is 12.8. The van der Waals surface area contributed by atoms with Crippen LogP contribution in [0.3, 0.4) is 0 Å². The van der Waals surface area contributed by atoms with Crippen LogP contribution in [-0.2, 0) is 9.59 Å². The van der Waals surface area contributed by atoms with Crippen molar-refractivity contribution in [2.75, 3.05) is 6.54 Å². The Morgan fingerprint density at radius 2 is 2.08 bits per heavy atom. The number of aliphatic hydroxyl groups excluding tert-OH is 1. The molecule has 24 heavy (non-hydrogen) atoms. The number of carbonyl (C=O) groups excluding carboxylic acids is 2. The molecule has 0 unspecified atom stereocenters. The van der Waals surface area contributed by atoms with E-state index in [1.54, 1.807) is 4.90 Å². The molecule has 0 aromatic carbocycles. The van der Waals surface area contributed by atoms with Crippen molar-refractivity contribution >= 4 is 11.7 Å². The highest BCUT2D eigenvalue weighted by molar-refractivity contribution is 6.20. The Hall–Kier alpha value is -1.58. The first-order chi connectivity index (χ1) is 11.1. The largest absolute Gasteiger partial charge is 0.509 e. The Morgan fingerprint density at radius 1 is 1.42 bits per heavy atom. The van der Waals surface area contributed by atoms with Gasteiger partial charge in [0.1, 0.15) is 11.3 Å². The summed E-state index contributed by atoms with van der Waals surface area (Å²) in [6.45, 7) is 10.7. The number of amides is 1. The molecule has 132 valence electrons. The zero-order valence-corrected chi connectivity index (χ0v) is 15.4. The maximum atomic E-state index is 12.8. The van der Waals surface area contributed by atoms with Gasteiger partial charge in [-0.2, -0.15) is 0 Å². The van der Waals surface area contributed by atoms with Crippen molar-refractivity contribution in [2.24, 2.45) is 23.2 Å². The average Bonchev–Trinajstić information content (AvgIpc) is 2.70. The molecule has 1 saturated carbocycles. The summed E-state index contributed by atoms with van der Waals surface area (Å²) in [6, 6.07) is -0.363. The summed E-state index contributed by atoms with van der Waals surface area (Å²) in [7, 11) is 0. The standard InChI is InChI=1S/C20H29NO3/c1-11(2)8-16-18(23)17(12(3)22)19(24)21(16)10-13-6-7-14-9-15(13)20(14,4)5/h6,11,14-16,23H,7-10H2,1-5H3/t14-,15-,16-/m0/s1. The smallest absolute Gasteiger partial charge is 0.261 e. The van der Waals surface area contributed by atoms with E-state index in [9.17, 15) is 14.7 Å². The van der Waals surface area contributed by atoms with E-state index in [0.29, 0.717) is 30.2 Å². The van der Waals surface area contributed by atoms with Gasteiger partial charge in [0, 0.05) is 6.54 Å². The summed E-state index contributed by atoms with van der Waals surface area (Å²) in [5.74, 6) is 0.951. The first-order valence-corrected chi connectivity index (χ1v) is 9.08. The van der Waals surface area contributed by atoms with Crippen LogP contribution in [0.25, 0.3) is 0 Å². The minimum absolute atomic E-state index is 0.0113. The monoisotopic (exact) mass is 331 g/mol. The number of rotatable bonds is 5. The number of hydrogen-bond acceptors (Lipinski definition) is 3. The van der Waals surface area contributed by atoms with Crippen LogP contribution in [-0.4, -0.2) is 34.3 Å². The minimum Gasteiger partial charge on any atom is -0.509 e. The molecular weight excluding hydrogens is 302 g/mol. The molecule has 0 spiro atoms. The molecular formula is C20H29NO3. The fourth-order valence-corrected chi connectivity index (χ4v) is 4.76. The third-order valence-electron chi connectivity index (χ3n) is 6.41.